The van der Waals surface area contributed by atoms with Crippen LogP contribution in [-0.2, 0) is 12.0 Å². The maximum atomic E-state index is 5.92. The molecule has 1 aliphatic carbocycles. The van der Waals surface area contributed by atoms with Crippen LogP contribution in [0.4, 0.5) is 0 Å². The van der Waals surface area contributed by atoms with Crippen molar-refractivity contribution in [3.05, 3.63) is 46.7 Å². The highest BCUT2D eigenvalue weighted by atomic mass is 32.1. The van der Waals surface area contributed by atoms with E-state index in [0.717, 1.165) is 35.2 Å². The van der Waals surface area contributed by atoms with Crippen molar-refractivity contribution in [3.63, 3.8) is 0 Å². The zero-order valence-corrected chi connectivity index (χ0v) is 17.0. The Bertz CT molecular complexity index is 1010. The molecule has 0 saturated heterocycles. The largest absolute Gasteiger partial charge is 0.486 e. The molecule has 3 aromatic rings. The molecule has 2 aliphatic heterocycles. The second kappa shape index (κ2) is 6.22. The van der Waals surface area contributed by atoms with Gasteiger partial charge in [-0.15, -0.1) is 11.3 Å². The first-order chi connectivity index (χ1) is 13.7. The van der Waals surface area contributed by atoms with Gasteiger partial charge in [0.15, 0.2) is 16.5 Å². The molecule has 1 spiro atoms. The van der Waals surface area contributed by atoms with E-state index in [0.29, 0.717) is 19.3 Å². The van der Waals surface area contributed by atoms with Crippen LogP contribution in [0.25, 0.3) is 4.96 Å². The number of hydrogen-bond acceptors (Lipinski definition) is 5. The minimum absolute atomic E-state index is 0.245. The molecule has 6 rings (SSSR count). The lowest BCUT2D eigenvalue weighted by molar-refractivity contribution is 0.124. The number of ether oxygens (including phenoxy) is 2. The molecule has 1 saturated carbocycles. The van der Waals surface area contributed by atoms with E-state index in [1.54, 1.807) is 11.3 Å². The predicted molar refractivity (Wildman–Crippen MR) is 109 cm³/mol. The Morgan fingerprint density at radius 2 is 1.96 bits per heavy atom. The monoisotopic (exact) mass is 395 g/mol. The Kier molecular flexibility index (Phi) is 3.75. The van der Waals surface area contributed by atoms with Crippen molar-refractivity contribution < 1.29 is 9.47 Å². The lowest BCUT2D eigenvalue weighted by Crippen LogP contribution is -2.45. The van der Waals surface area contributed by atoms with Gasteiger partial charge in [-0.1, -0.05) is 12.8 Å². The van der Waals surface area contributed by atoms with Gasteiger partial charge in [0, 0.05) is 42.3 Å². The molecule has 1 fully saturated rings. The van der Waals surface area contributed by atoms with Crippen LogP contribution in [-0.4, -0.2) is 34.0 Å². The minimum atomic E-state index is 0.245. The third-order valence-corrected chi connectivity index (χ3v) is 7.63. The van der Waals surface area contributed by atoms with Crippen molar-refractivity contribution in [3.8, 4) is 11.5 Å². The highest BCUT2D eigenvalue weighted by Gasteiger charge is 2.45. The number of thiazole rings is 1. The third-order valence-electron chi connectivity index (χ3n) is 6.86. The maximum Gasteiger partial charge on any atom is 0.193 e. The fourth-order valence-electron chi connectivity index (χ4n) is 5.45. The molecule has 0 radical (unpaired) electrons. The summed E-state index contributed by atoms with van der Waals surface area (Å²) in [5, 5.41) is 2.09. The normalized spacial score (nSPS) is 23.4. The fourth-order valence-corrected chi connectivity index (χ4v) is 6.17. The van der Waals surface area contributed by atoms with E-state index >= 15 is 0 Å². The minimum Gasteiger partial charge on any atom is -0.486 e. The van der Waals surface area contributed by atoms with E-state index in [1.165, 1.54) is 36.8 Å². The number of imidazole rings is 1. The summed E-state index contributed by atoms with van der Waals surface area (Å²) < 4.78 is 14.0. The van der Waals surface area contributed by atoms with Crippen molar-refractivity contribution in [2.75, 3.05) is 19.8 Å². The van der Waals surface area contributed by atoms with Gasteiger partial charge in [0.2, 0.25) is 0 Å². The first-order valence-electron chi connectivity index (χ1n) is 10.3. The average molecular weight is 396 g/mol. The summed E-state index contributed by atoms with van der Waals surface area (Å²) in [6.07, 6.45) is 9.43. The summed E-state index contributed by atoms with van der Waals surface area (Å²) in [4.78, 5) is 8.54. The molecule has 1 atom stereocenters. The lowest BCUT2D eigenvalue weighted by Gasteiger charge is -2.46. The van der Waals surface area contributed by atoms with Gasteiger partial charge < -0.3 is 9.47 Å². The van der Waals surface area contributed by atoms with Crippen LogP contribution in [0.3, 0.4) is 0 Å². The fraction of sp³-hybridized carbons (Fsp3) is 0.500. The Labute approximate surface area is 168 Å². The van der Waals surface area contributed by atoms with Crippen LogP contribution in [0.15, 0.2) is 29.9 Å². The number of hydrogen-bond donors (Lipinski definition) is 0. The Hall–Kier alpha value is -2.05. The standard InChI is InChI=1S/C22H25N3O2S/c1-15-17-10-19-20(27-8-7-26-19)11-18(17)22(4-2-3-5-22)14-25(15)13-16-12-24-6-9-28-21(24)23-16/h6,9-12,15H,2-5,7-8,13-14H2,1H3/t15-/m1/s1. The summed E-state index contributed by atoms with van der Waals surface area (Å²) in [5.74, 6) is 1.85. The molecule has 0 bridgehead atoms. The molecule has 0 unspecified atom stereocenters. The Morgan fingerprint density at radius 3 is 2.75 bits per heavy atom. The molecule has 1 aromatic carbocycles. The van der Waals surface area contributed by atoms with Crippen molar-refractivity contribution in [1.82, 2.24) is 14.3 Å². The topological polar surface area (TPSA) is 39.0 Å². The summed E-state index contributed by atoms with van der Waals surface area (Å²) in [6.45, 7) is 5.62. The smallest absolute Gasteiger partial charge is 0.193 e. The van der Waals surface area contributed by atoms with E-state index in [2.05, 4.69) is 46.1 Å². The van der Waals surface area contributed by atoms with Crippen LogP contribution in [0.2, 0.25) is 0 Å². The van der Waals surface area contributed by atoms with E-state index < -0.39 is 0 Å². The first-order valence-corrected chi connectivity index (χ1v) is 11.2. The van der Waals surface area contributed by atoms with Gasteiger partial charge in [-0.2, -0.15) is 0 Å². The summed E-state index contributed by atoms with van der Waals surface area (Å²) in [6, 6.07) is 4.90. The van der Waals surface area contributed by atoms with E-state index in [-0.39, 0.29) is 5.41 Å². The van der Waals surface area contributed by atoms with Gasteiger partial charge in [-0.25, -0.2) is 4.98 Å². The van der Waals surface area contributed by atoms with E-state index in [9.17, 15) is 0 Å². The second-order valence-electron chi connectivity index (χ2n) is 8.48. The molecule has 6 heteroatoms. The quantitative estimate of drug-likeness (QED) is 0.638. The Balaban J connectivity index is 1.41. The van der Waals surface area contributed by atoms with Crippen LogP contribution < -0.4 is 9.47 Å². The highest BCUT2D eigenvalue weighted by Crippen LogP contribution is 2.52. The molecule has 0 N–H and O–H groups in total. The van der Waals surface area contributed by atoms with Gasteiger partial charge in [0.25, 0.3) is 0 Å². The third kappa shape index (κ3) is 2.51. The SMILES string of the molecule is C[C@@H]1c2cc3c(cc2C2(CCCC2)CN1Cc1cn2ccsc2n1)OCCO3. The molecule has 28 heavy (non-hydrogen) atoms. The van der Waals surface area contributed by atoms with Crippen LogP contribution in [0, 0.1) is 0 Å². The van der Waals surface area contributed by atoms with Crippen molar-refractivity contribution in [1.29, 1.82) is 0 Å². The van der Waals surface area contributed by atoms with E-state index in [1.807, 2.05) is 0 Å². The molecule has 146 valence electrons. The van der Waals surface area contributed by atoms with Crippen LogP contribution in [0.1, 0.15) is 55.5 Å². The lowest BCUT2D eigenvalue weighted by atomic mass is 9.71. The number of aromatic nitrogens is 2. The molecule has 3 aliphatic rings. The summed E-state index contributed by atoms with van der Waals surface area (Å²) >= 11 is 1.70. The van der Waals surface area contributed by atoms with Gasteiger partial charge in [-0.05, 0) is 43.0 Å². The zero-order chi connectivity index (χ0) is 18.7. The van der Waals surface area contributed by atoms with Gasteiger partial charge >= 0.3 is 0 Å². The maximum absolute atomic E-state index is 5.92. The molecule has 5 nitrogen and oxygen atoms in total. The number of fused-ring (bicyclic) bond motifs is 4. The van der Waals surface area contributed by atoms with Crippen molar-refractivity contribution in [2.24, 2.45) is 0 Å². The zero-order valence-electron chi connectivity index (χ0n) is 16.2. The predicted octanol–water partition coefficient (Wildman–Crippen LogP) is 4.56. The van der Waals surface area contributed by atoms with Gasteiger partial charge in [0.1, 0.15) is 13.2 Å². The van der Waals surface area contributed by atoms with Crippen molar-refractivity contribution >= 4 is 16.3 Å². The molecular formula is C22H25N3O2S. The second-order valence-corrected chi connectivity index (χ2v) is 9.35. The van der Waals surface area contributed by atoms with Gasteiger partial charge in [0.05, 0.1) is 5.69 Å². The number of nitrogens with zero attached hydrogens (tertiary/aromatic N) is 3. The number of benzene rings is 1. The Morgan fingerprint density at radius 1 is 1.18 bits per heavy atom. The summed E-state index contributed by atoms with van der Waals surface area (Å²) in [7, 11) is 0. The first kappa shape index (κ1) is 16.9. The molecule has 2 aromatic heterocycles. The van der Waals surface area contributed by atoms with Crippen molar-refractivity contribution in [2.45, 2.75) is 50.6 Å². The average Bonchev–Trinajstić information content (AvgIpc) is 3.42. The van der Waals surface area contributed by atoms with Gasteiger partial charge in [-0.3, -0.25) is 9.30 Å². The number of rotatable bonds is 2. The van der Waals surface area contributed by atoms with Crippen LogP contribution >= 0.6 is 11.3 Å². The highest BCUT2D eigenvalue weighted by molar-refractivity contribution is 7.15. The molecule has 0 amide bonds. The molecular weight excluding hydrogens is 370 g/mol. The summed E-state index contributed by atoms with van der Waals surface area (Å²) in [5.41, 5.74) is 4.32. The van der Waals surface area contributed by atoms with E-state index in [4.69, 9.17) is 14.5 Å². The van der Waals surface area contributed by atoms with Crippen LogP contribution in [0.5, 0.6) is 11.5 Å². The molecule has 4 heterocycles.